The zero-order chi connectivity index (χ0) is 18.6. The Bertz CT molecular complexity index is 832. The van der Waals surface area contributed by atoms with Crippen LogP contribution in [-0.4, -0.2) is 51.4 Å². The Morgan fingerprint density at radius 1 is 1.00 bits per heavy atom. The van der Waals surface area contributed by atoms with E-state index in [-0.39, 0.29) is 11.4 Å². The molecule has 26 heavy (non-hydrogen) atoms. The predicted octanol–water partition coefficient (Wildman–Crippen LogP) is 2.57. The molecule has 1 N–H and O–H groups in total. The lowest BCUT2D eigenvalue weighted by atomic mass is 10.1. The Labute approximate surface area is 160 Å². The van der Waals surface area contributed by atoms with Crippen molar-refractivity contribution in [3.05, 3.63) is 64.7 Å². The summed E-state index contributed by atoms with van der Waals surface area (Å²) in [5.74, 6) is 0. The van der Waals surface area contributed by atoms with E-state index >= 15 is 0 Å². The van der Waals surface area contributed by atoms with Gasteiger partial charge in [-0.05, 0) is 36.4 Å². The first-order valence-corrected chi connectivity index (χ1v) is 10.5. The maximum atomic E-state index is 12.3. The van der Waals surface area contributed by atoms with Crippen LogP contribution in [0, 0.1) is 0 Å². The molecule has 1 aliphatic heterocycles. The van der Waals surface area contributed by atoms with Crippen molar-refractivity contribution in [2.24, 2.45) is 0 Å². The molecule has 0 aromatic heterocycles. The van der Waals surface area contributed by atoms with Gasteiger partial charge in [0.15, 0.2) is 0 Å². The van der Waals surface area contributed by atoms with Crippen molar-refractivity contribution >= 4 is 21.6 Å². The monoisotopic (exact) mass is 393 g/mol. The molecule has 5 nitrogen and oxygen atoms in total. The van der Waals surface area contributed by atoms with Crippen LogP contribution in [0.2, 0.25) is 5.02 Å². The third kappa shape index (κ3) is 5.28. The van der Waals surface area contributed by atoms with Gasteiger partial charge in [-0.1, -0.05) is 41.9 Å². The second-order valence-electron chi connectivity index (χ2n) is 6.68. The molecule has 0 unspecified atom stereocenters. The van der Waals surface area contributed by atoms with E-state index < -0.39 is 10.0 Å². The maximum absolute atomic E-state index is 12.3. The van der Waals surface area contributed by atoms with Gasteiger partial charge in [0.1, 0.15) is 0 Å². The van der Waals surface area contributed by atoms with Gasteiger partial charge < -0.3 is 4.90 Å². The Kier molecular flexibility index (Phi) is 6.32. The molecule has 0 atom stereocenters. The van der Waals surface area contributed by atoms with Crippen LogP contribution < -0.4 is 4.72 Å². The summed E-state index contributed by atoms with van der Waals surface area (Å²) in [5.41, 5.74) is 2.17. The first-order chi connectivity index (χ1) is 12.4. The molecule has 0 spiro atoms. The molecule has 1 fully saturated rings. The van der Waals surface area contributed by atoms with Crippen LogP contribution in [0.5, 0.6) is 0 Å². The fourth-order valence-corrected chi connectivity index (χ4v) is 4.24. The standard InChI is InChI=1S/C19H24ClN3O2S/c1-22-9-11-23(12-10-22)15-17-7-5-16(6-8-17)14-21-26(24,25)19-4-2-3-18(20)13-19/h2-8,13,21H,9-12,14-15H2,1H3. The molecular formula is C19H24ClN3O2S. The molecule has 2 aromatic rings. The average Bonchev–Trinajstić information content (AvgIpc) is 2.63. The van der Waals surface area contributed by atoms with E-state index in [0.717, 1.165) is 38.3 Å². The number of nitrogens with one attached hydrogen (secondary N) is 1. The number of benzene rings is 2. The SMILES string of the molecule is CN1CCN(Cc2ccc(CNS(=O)(=O)c3cccc(Cl)c3)cc2)CC1. The number of sulfonamides is 1. The third-order valence-corrected chi connectivity index (χ3v) is 6.23. The van der Waals surface area contributed by atoms with Crippen LogP contribution in [0.25, 0.3) is 0 Å². The Hall–Kier alpha value is -1.44. The number of halogens is 1. The molecule has 0 radical (unpaired) electrons. The molecule has 2 aromatic carbocycles. The minimum atomic E-state index is -3.57. The summed E-state index contributed by atoms with van der Waals surface area (Å²) >= 11 is 5.87. The van der Waals surface area contributed by atoms with Gasteiger partial charge in [0, 0.05) is 44.3 Å². The third-order valence-electron chi connectivity index (χ3n) is 4.60. The van der Waals surface area contributed by atoms with Crippen LogP contribution in [0.1, 0.15) is 11.1 Å². The van der Waals surface area contributed by atoms with Crippen molar-refractivity contribution in [2.45, 2.75) is 18.0 Å². The summed E-state index contributed by atoms with van der Waals surface area (Å²) < 4.78 is 27.3. The molecule has 7 heteroatoms. The molecule has 140 valence electrons. The fraction of sp³-hybridized carbons (Fsp3) is 0.368. The Morgan fingerprint density at radius 3 is 2.31 bits per heavy atom. The van der Waals surface area contributed by atoms with E-state index in [1.165, 1.54) is 17.7 Å². The number of hydrogen-bond donors (Lipinski definition) is 1. The second-order valence-corrected chi connectivity index (χ2v) is 8.88. The molecule has 3 rings (SSSR count). The van der Waals surface area contributed by atoms with Gasteiger partial charge in [-0.2, -0.15) is 0 Å². The molecule has 1 aliphatic rings. The summed E-state index contributed by atoms with van der Waals surface area (Å²) in [6, 6.07) is 14.4. The van der Waals surface area contributed by atoms with Gasteiger partial charge in [-0.15, -0.1) is 0 Å². The molecular weight excluding hydrogens is 370 g/mol. The molecule has 0 aliphatic carbocycles. The predicted molar refractivity (Wildman–Crippen MR) is 105 cm³/mol. The minimum absolute atomic E-state index is 0.177. The lowest BCUT2D eigenvalue weighted by molar-refractivity contribution is 0.148. The number of hydrogen-bond acceptors (Lipinski definition) is 4. The van der Waals surface area contributed by atoms with E-state index in [9.17, 15) is 8.42 Å². The number of rotatable bonds is 6. The normalized spacial score (nSPS) is 16.7. The zero-order valence-corrected chi connectivity index (χ0v) is 16.4. The first-order valence-electron chi connectivity index (χ1n) is 8.66. The Balaban J connectivity index is 1.56. The number of nitrogens with zero attached hydrogens (tertiary/aromatic N) is 2. The molecule has 0 bridgehead atoms. The highest BCUT2D eigenvalue weighted by molar-refractivity contribution is 7.89. The van der Waals surface area contributed by atoms with Gasteiger partial charge >= 0.3 is 0 Å². The topological polar surface area (TPSA) is 52.6 Å². The van der Waals surface area contributed by atoms with Gasteiger partial charge in [0.25, 0.3) is 0 Å². The van der Waals surface area contributed by atoms with E-state index in [1.54, 1.807) is 12.1 Å². The molecule has 1 saturated heterocycles. The van der Waals surface area contributed by atoms with Gasteiger partial charge in [0.05, 0.1) is 4.90 Å². The fourth-order valence-electron chi connectivity index (χ4n) is 2.92. The number of likely N-dealkylation sites (N-methyl/N-ethyl adjacent to an activating group) is 1. The van der Waals surface area contributed by atoms with Crippen molar-refractivity contribution in [1.82, 2.24) is 14.5 Å². The van der Waals surface area contributed by atoms with Crippen molar-refractivity contribution < 1.29 is 8.42 Å². The summed E-state index contributed by atoms with van der Waals surface area (Å²) in [6.07, 6.45) is 0. The summed E-state index contributed by atoms with van der Waals surface area (Å²) in [7, 11) is -1.42. The highest BCUT2D eigenvalue weighted by Gasteiger charge is 2.15. The summed E-state index contributed by atoms with van der Waals surface area (Å²) in [4.78, 5) is 4.96. The summed E-state index contributed by atoms with van der Waals surface area (Å²) in [6.45, 7) is 5.55. The smallest absolute Gasteiger partial charge is 0.240 e. The number of piperazine rings is 1. The lowest BCUT2D eigenvalue weighted by Gasteiger charge is -2.32. The lowest BCUT2D eigenvalue weighted by Crippen LogP contribution is -2.43. The highest BCUT2D eigenvalue weighted by atomic mass is 35.5. The zero-order valence-electron chi connectivity index (χ0n) is 14.9. The van der Waals surface area contributed by atoms with Gasteiger partial charge in [0.2, 0.25) is 10.0 Å². The first kappa shape index (κ1) is 19.3. The van der Waals surface area contributed by atoms with Crippen molar-refractivity contribution in [3.8, 4) is 0 Å². The van der Waals surface area contributed by atoms with E-state index in [4.69, 9.17) is 11.6 Å². The highest BCUT2D eigenvalue weighted by Crippen LogP contribution is 2.16. The minimum Gasteiger partial charge on any atom is -0.304 e. The van der Waals surface area contributed by atoms with E-state index in [0.29, 0.717) is 5.02 Å². The van der Waals surface area contributed by atoms with Crippen molar-refractivity contribution in [1.29, 1.82) is 0 Å². The molecule has 0 saturated carbocycles. The van der Waals surface area contributed by atoms with Crippen molar-refractivity contribution in [2.75, 3.05) is 33.2 Å². The Morgan fingerprint density at radius 2 is 1.65 bits per heavy atom. The van der Waals surface area contributed by atoms with Crippen molar-refractivity contribution in [3.63, 3.8) is 0 Å². The summed E-state index contributed by atoms with van der Waals surface area (Å²) in [5, 5.41) is 0.404. The van der Waals surface area contributed by atoms with Crippen LogP contribution in [0.3, 0.4) is 0 Å². The van der Waals surface area contributed by atoms with Crippen LogP contribution in [0.15, 0.2) is 53.4 Å². The molecule has 1 heterocycles. The largest absolute Gasteiger partial charge is 0.304 e. The maximum Gasteiger partial charge on any atom is 0.240 e. The molecule has 0 amide bonds. The van der Waals surface area contributed by atoms with Crippen LogP contribution in [0.4, 0.5) is 0 Å². The van der Waals surface area contributed by atoms with E-state index in [1.807, 2.05) is 12.1 Å². The van der Waals surface area contributed by atoms with Gasteiger partial charge in [-0.3, -0.25) is 4.90 Å². The van der Waals surface area contributed by atoms with E-state index in [2.05, 4.69) is 33.7 Å². The second kappa shape index (κ2) is 8.50. The van der Waals surface area contributed by atoms with Crippen LogP contribution >= 0.6 is 11.6 Å². The van der Waals surface area contributed by atoms with Gasteiger partial charge in [-0.25, -0.2) is 13.1 Å². The van der Waals surface area contributed by atoms with Crippen LogP contribution in [-0.2, 0) is 23.1 Å². The quantitative estimate of drug-likeness (QED) is 0.819. The average molecular weight is 394 g/mol.